The van der Waals surface area contributed by atoms with Crippen molar-refractivity contribution in [1.29, 1.82) is 0 Å². The molecule has 1 saturated heterocycles. The van der Waals surface area contributed by atoms with Gasteiger partial charge in [0.15, 0.2) is 0 Å². The summed E-state index contributed by atoms with van der Waals surface area (Å²) < 4.78 is 0. The van der Waals surface area contributed by atoms with Gasteiger partial charge >= 0.3 is 51.4 Å². The van der Waals surface area contributed by atoms with Gasteiger partial charge in [0, 0.05) is 0 Å². The second-order valence-electron chi connectivity index (χ2n) is 2.11. The first-order valence-corrected chi connectivity index (χ1v) is 3.29. The second-order valence-corrected chi connectivity index (χ2v) is 2.11. The molecule has 48 valence electrons. The average molecular weight is 152 g/mol. The monoisotopic (exact) mass is 152 g/mol. The fraction of sp³-hybridized carbons (Fsp3) is 1.00. The Labute approximate surface area is 99.8 Å². The zero-order valence-corrected chi connectivity index (χ0v) is 9.55. The minimum Gasteiger partial charge on any atom is -0.660 e. The molecule has 1 aliphatic rings. The summed E-state index contributed by atoms with van der Waals surface area (Å²) in [7, 11) is 0. The summed E-state index contributed by atoms with van der Waals surface area (Å²) >= 11 is 0. The van der Waals surface area contributed by atoms with Gasteiger partial charge in [-0.2, -0.15) is 0 Å². The number of hydrogen-bond acceptors (Lipinski definition) is 1. The van der Waals surface area contributed by atoms with Crippen molar-refractivity contribution < 1.29 is 51.4 Å². The van der Waals surface area contributed by atoms with E-state index in [1.807, 2.05) is 0 Å². The van der Waals surface area contributed by atoms with Crippen molar-refractivity contribution in [3.05, 3.63) is 5.32 Å². The summed E-state index contributed by atoms with van der Waals surface area (Å²) in [4.78, 5) is 2.42. The van der Waals surface area contributed by atoms with Gasteiger partial charge in [0.1, 0.15) is 0 Å². The van der Waals surface area contributed by atoms with Crippen LogP contribution in [0.1, 0.15) is 6.92 Å². The number of likely N-dealkylation sites (N-methyl/N-ethyl adjacent to an activating group) is 1. The molecule has 3 heteroatoms. The van der Waals surface area contributed by atoms with Gasteiger partial charge in [0.2, 0.25) is 0 Å². The largest absolute Gasteiger partial charge is 1.00 e. The van der Waals surface area contributed by atoms with E-state index in [1.165, 1.54) is 19.6 Å². The Morgan fingerprint density at radius 3 is 2.22 bits per heavy atom. The summed E-state index contributed by atoms with van der Waals surface area (Å²) in [6, 6.07) is 0. The number of rotatable bonds is 1. The van der Waals surface area contributed by atoms with Gasteiger partial charge < -0.3 is 10.2 Å². The van der Waals surface area contributed by atoms with Crippen LogP contribution in [0.4, 0.5) is 0 Å². The molecule has 0 amide bonds. The van der Waals surface area contributed by atoms with Crippen LogP contribution >= 0.6 is 0 Å². The molecule has 1 rings (SSSR count). The fourth-order valence-corrected chi connectivity index (χ4v) is 0.964. The van der Waals surface area contributed by atoms with E-state index < -0.39 is 0 Å². The first kappa shape index (κ1) is 10.6. The molecule has 0 atom stereocenters. The number of hydrogen-bond donors (Lipinski definition) is 0. The third-order valence-corrected chi connectivity index (χ3v) is 1.60. The van der Waals surface area contributed by atoms with Gasteiger partial charge in [-0.1, -0.05) is 6.92 Å². The molecular formula is C6H13KN2. The smallest absolute Gasteiger partial charge is 0.660 e. The van der Waals surface area contributed by atoms with E-state index >= 15 is 0 Å². The van der Waals surface area contributed by atoms with Gasteiger partial charge in [-0.25, -0.2) is 0 Å². The van der Waals surface area contributed by atoms with Crippen LogP contribution in [0.2, 0.25) is 0 Å². The zero-order valence-electron chi connectivity index (χ0n) is 6.43. The molecule has 0 saturated carbocycles. The van der Waals surface area contributed by atoms with Crippen LogP contribution < -0.4 is 51.4 Å². The van der Waals surface area contributed by atoms with Crippen molar-refractivity contribution in [3.63, 3.8) is 0 Å². The summed E-state index contributed by atoms with van der Waals surface area (Å²) in [5, 5.41) is 4.23. The quantitative estimate of drug-likeness (QED) is 0.386. The molecule has 0 radical (unpaired) electrons. The molecule has 0 bridgehead atoms. The number of nitrogens with zero attached hydrogens (tertiary/aromatic N) is 2. The maximum atomic E-state index is 4.23. The molecule has 0 aliphatic carbocycles. The van der Waals surface area contributed by atoms with Crippen molar-refractivity contribution in [1.82, 2.24) is 4.90 Å². The van der Waals surface area contributed by atoms with Crippen LogP contribution in [0, 0.1) is 0 Å². The van der Waals surface area contributed by atoms with Crippen LogP contribution in [0.5, 0.6) is 0 Å². The predicted octanol–water partition coefficient (Wildman–Crippen LogP) is -2.30. The van der Waals surface area contributed by atoms with Crippen LogP contribution in [0.3, 0.4) is 0 Å². The average Bonchev–Trinajstić information content (AvgIpc) is 1.90. The van der Waals surface area contributed by atoms with Crippen LogP contribution in [-0.2, 0) is 0 Å². The van der Waals surface area contributed by atoms with Gasteiger partial charge in [0.25, 0.3) is 0 Å². The summed E-state index contributed by atoms with van der Waals surface area (Å²) in [5.41, 5.74) is 0. The van der Waals surface area contributed by atoms with Crippen LogP contribution in [-0.4, -0.2) is 37.6 Å². The molecular weight excluding hydrogens is 139 g/mol. The Kier molecular flexibility index (Phi) is 7.36. The van der Waals surface area contributed by atoms with E-state index in [2.05, 4.69) is 17.1 Å². The molecule has 1 heterocycles. The molecule has 0 aromatic heterocycles. The molecule has 1 fully saturated rings. The van der Waals surface area contributed by atoms with E-state index in [1.54, 1.807) is 0 Å². The normalized spacial score (nSPS) is 21.0. The van der Waals surface area contributed by atoms with E-state index in [4.69, 9.17) is 0 Å². The van der Waals surface area contributed by atoms with E-state index in [0.717, 1.165) is 13.1 Å². The van der Waals surface area contributed by atoms with Gasteiger partial charge in [-0.05, 0) is 19.6 Å². The first-order chi connectivity index (χ1) is 3.93. The Balaban J connectivity index is 0.000000640. The summed E-state index contributed by atoms with van der Waals surface area (Å²) in [6.07, 6.45) is 0. The van der Waals surface area contributed by atoms with Gasteiger partial charge in [0.05, 0.1) is 0 Å². The Morgan fingerprint density at radius 1 is 1.33 bits per heavy atom. The van der Waals surface area contributed by atoms with Crippen molar-refractivity contribution in [2.24, 2.45) is 0 Å². The Hall–Kier alpha value is 1.56. The number of piperazine rings is 1. The molecule has 0 unspecified atom stereocenters. The van der Waals surface area contributed by atoms with Crippen LogP contribution in [0.25, 0.3) is 5.32 Å². The SMILES string of the molecule is CCN1CC[N-]CC1.[K+]. The predicted molar refractivity (Wildman–Crippen MR) is 35.2 cm³/mol. The molecule has 0 spiro atoms. The van der Waals surface area contributed by atoms with Crippen LogP contribution in [0.15, 0.2) is 0 Å². The maximum Gasteiger partial charge on any atom is 1.00 e. The third kappa shape index (κ3) is 4.09. The summed E-state index contributed by atoms with van der Waals surface area (Å²) in [5.74, 6) is 0. The third-order valence-electron chi connectivity index (χ3n) is 1.60. The van der Waals surface area contributed by atoms with E-state index in [-0.39, 0.29) is 51.4 Å². The zero-order chi connectivity index (χ0) is 5.82. The van der Waals surface area contributed by atoms with Gasteiger partial charge in [-0.3, -0.25) is 0 Å². The second kappa shape index (κ2) is 6.28. The first-order valence-electron chi connectivity index (χ1n) is 3.29. The summed E-state index contributed by atoms with van der Waals surface area (Å²) in [6.45, 7) is 7.84. The molecule has 0 aromatic carbocycles. The van der Waals surface area contributed by atoms with Crippen molar-refractivity contribution in [2.75, 3.05) is 32.7 Å². The van der Waals surface area contributed by atoms with Crippen molar-refractivity contribution >= 4 is 0 Å². The topological polar surface area (TPSA) is 17.3 Å². The Bertz CT molecular complexity index is 62.1. The van der Waals surface area contributed by atoms with Gasteiger partial charge in [-0.15, -0.1) is 13.1 Å². The minimum atomic E-state index is 0. The molecule has 1 aliphatic heterocycles. The Morgan fingerprint density at radius 2 is 1.89 bits per heavy atom. The molecule has 0 N–H and O–H groups in total. The molecule has 2 nitrogen and oxygen atoms in total. The minimum absolute atomic E-state index is 0. The fourth-order valence-electron chi connectivity index (χ4n) is 0.964. The molecule has 0 aromatic rings. The van der Waals surface area contributed by atoms with Crippen molar-refractivity contribution in [3.8, 4) is 0 Å². The standard InChI is InChI=1S/C6H13N2.K/c1-2-8-5-3-7-4-6-8;/h2-6H2,1H3;/q-1;+1. The molecule has 9 heavy (non-hydrogen) atoms. The van der Waals surface area contributed by atoms with E-state index in [0.29, 0.717) is 0 Å². The maximum absolute atomic E-state index is 4.23. The van der Waals surface area contributed by atoms with Crippen molar-refractivity contribution in [2.45, 2.75) is 6.92 Å². The van der Waals surface area contributed by atoms with E-state index in [9.17, 15) is 0 Å².